The zero-order valence-corrected chi connectivity index (χ0v) is 11.0. The molecule has 102 valence electrons. The Labute approximate surface area is 117 Å². The van der Waals surface area contributed by atoms with Crippen LogP contribution in [0.25, 0.3) is 0 Å². The largest absolute Gasteiger partial charge is 0.340 e. The summed E-state index contributed by atoms with van der Waals surface area (Å²) < 4.78 is 13.8. The maximum atomic E-state index is 13.0. The maximum Gasteiger partial charge on any atom is 0.329 e. The summed E-state index contributed by atoms with van der Waals surface area (Å²) >= 11 is 5.62. The lowest BCUT2D eigenvalue weighted by atomic mass is 10.2. The number of nitrogens with one attached hydrogen (secondary N) is 2. The molecular formula is C12H8ClFN4O2. The predicted octanol–water partition coefficient (Wildman–Crippen LogP) is 1.48. The monoisotopic (exact) mass is 294 g/mol. The number of nitrogens with zero attached hydrogens (tertiary/aromatic N) is 2. The fourth-order valence-corrected chi connectivity index (χ4v) is 1.72. The van der Waals surface area contributed by atoms with Gasteiger partial charge >= 0.3 is 5.69 Å². The molecule has 6 nitrogen and oxygen atoms in total. The minimum absolute atomic E-state index is 0.0664. The van der Waals surface area contributed by atoms with Crippen molar-refractivity contribution in [3.05, 3.63) is 55.4 Å². The first-order chi connectivity index (χ1) is 9.43. The molecule has 1 aromatic heterocycles. The van der Waals surface area contributed by atoms with E-state index in [1.165, 1.54) is 19.2 Å². The molecule has 2 N–H and O–H groups in total. The number of H-pyrrole nitrogens is 1. The van der Waals surface area contributed by atoms with Gasteiger partial charge in [0.05, 0.1) is 5.02 Å². The molecule has 1 heterocycles. The van der Waals surface area contributed by atoms with Gasteiger partial charge in [0.25, 0.3) is 5.56 Å². The molecule has 8 heteroatoms. The first-order valence-corrected chi connectivity index (χ1v) is 5.77. The smallest absolute Gasteiger partial charge is 0.329 e. The second-order valence-corrected chi connectivity index (χ2v) is 4.32. The third-order valence-corrected chi connectivity index (χ3v) is 2.90. The van der Waals surface area contributed by atoms with Gasteiger partial charge in [-0.3, -0.25) is 14.3 Å². The quantitative estimate of drug-likeness (QED) is 0.878. The van der Waals surface area contributed by atoms with Crippen molar-refractivity contribution >= 4 is 23.1 Å². The molecule has 0 saturated heterocycles. The molecule has 0 aliphatic carbocycles. The molecule has 0 unspecified atom stereocenters. The Balaban J connectivity index is 2.54. The first-order valence-electron chi connectivity index (χ1n) is 5.39. The van der Waals surface area contributed by atoms with E-state index in [0.717, 1.165) is 10.6 Å². The van der Waals surface area contributed by atoms with Gasteiger partial charge in [-0.2, -0.15) is 5.26 Å². The molecular weight excluding hydrogens is 287 g/mol. The minimum atomic E-state index is -0.730. The van der Waals surface area contributed by atoms with Crippen molar-refractivity contribution in [1.82, 2.24) is 9.55 Å². The maximum absolute atomic E-state index is 13.0. The lowest BCUT2D eigenvalue weighted by molar-refractivity contribution is 0.628. The molecule has 0 atom stereocenters. The SMILES string of the molecule is Cn1c(=O)[nH]c(Nc2ccc(F)c(Cl)c2)c(C#N)c1=O. The molecule has 0 saturated carbocycles. The molecule has 0 bridgehead atoms. The van der Waals surface area contributed by atoms with Crippen LogP contribution in [-0.4, -0.2) is 9.55 Å². The van der Waals surface area contributed by atoms with Crippen LogP contribution >= 0.6 is 11.6 Å². The van der Waals surface area contributed by atoms with E-state index >= 15 is 0 Å². The van der Waals surface area contributed by atoms with Crippen LogP contribution in [-0.2, 0) is 7.05 Å². The van der Waals surface area contributed by atoms with Gasteiger partial charge in [0.2, 0.25) is 0 Å². The Morgan fingerprint density at radius 3 is 2.75 bits per heavy atom. The van der Waals surface area contributed by atoms with E-state index in [9.17, 15) is 14.0 Å². The van der Waals surface area contributed by atoms with Crippen molar-refractivity contribution in [3.8, 4) is 6.07 Å². The third kappa shape index (κ3) is 2.41. The van der Waals surface area contributed by atoms with Crippen LogP contribution in [0.4, 0.5) is 15.9 Å². The summed E-state index contributed by atoms with van der Waals surface area (Å²) in [6.07, 6.45) is 0. The molecule has 0 fully saturated rings. The highest BCUT2D eigenvalue weighted by molar-refractivity contribution is 6.31. The normalized spacial score (nSPS) is 10.1. The van der Waals surface area contributed by atoms with Gasteiger partial charge in [-0.1, -0.05) is 11.6 Å². The first kappa shape index (κ1) is 13.8. The lowest BCUT2D eigenvalue weighted by Crippen LogP contribution is -2.35. The van der Waals surface area contributed by atoms with Gasteiger partial charge in [0.1, 0.15) is 17.7 Å². The summed E-state index contributed by atoms with van der Waals surface area (Å²) in [5.41, 5.74) is -1.33. The van der Waals surface area contributed by atoms with Crippen molar-refractivity contribution in [1.29, 1.82) is 5.26 Å². The van der Waals surface area contributed by atoms with Gasteiger partial charge in [-0.15, -0.1) is 0 Å². The van der Waals surface area contributed by atoms with Gasteiger partial charge in [-0.05, 0) is 18.2 Å². The van der Waals surface area contributed by atoms with Crippen LogP contribution < -0.4 is 16.6 Å². The molecule has 20 heavy (non-hydrogen) atoms. The number of aromatic nitrogens is 2. The van der Waals surface area contributed by atoms with E-state index in [1.807, 2.05) is 0 Å². The number of anilines is 2. The average molecular weight is 295 g/mol. The van der Waals surface area contributed by atoms with Gasteiger partial charge in [0, 0.05) is 12.7 Å². The second kappa shape index (κ2) is 5.19. The molecule has 0 amide bonds. The van der Waals surface area contributed by atoms with E-state index in [0.29, 0.717) is 5.69 Å². The highest BCUT2D eigenvalue weighted by atomic mass is 35.5. The number of hydrogen-bond acceptors (Lipinski definition) is 4. The van der Waals surface area contributed by atoms with Crippen molar-refractivity contribution in [3.63, 3.8) is 0 Å². The van der Waals surface area contributed by atoms with Crippen molar-refractivity contribution < 1.29 is 4.39 Å². The summed E-state index contributed by atoms with van der Waals surface area (Å²) in [4.78, 5) is 25.6. The van der Waals surface area contributed by atoms with Crippen LogP contribution in [0.2, 0.25) is 5.02 Å². The molecule has 0 spiro atoms. The van der Waals surface area contributed by atoms with Crippen LogP contribution in [0.3, 0.4) is 0 Å². The zero-order valence-electron chi connectivity index (χ0n) is 10.2. The van der Waals surface area contributed by atoms with Crippen LogP contribution in [0, 0.1) is 17.1 Å². The summed E-state index contributed by atoms with van der Waals surface area (Å²) in [5.74, 6) is -0.668. The standard InChI is InChI=1S/C12H8ClFN4O2/c1-18-11(19)7(5-15)10(17-12(18)20)16-6-2-3-9(14)8(13)4-6/h2-4,16H,1H3,(H,17,20). The summed E-state index contributed by atoms with van der Waals surface area (Å²) in [6.45, 7) is 0. The number of rotatable bonds is 2. The molecule has 2 aromatic rings. The molecule has 0 aliphatic rings. The molecule has 2 rings (SSSR count). The topological polar surface area (TPSA) is 90.7 Å². The average Bonchev–Trinajstić information content (AvgIpc) is 2.41. The number of hydrogen-bond donors (Lipinski definition) is 2. The Hall–Kier alpha value is -2.59. The number of aromatic amines is 1. The Morgan fingerprint density at radius 1 is 1.45 bits per heavy atom. The Morgan fingerprint density at radius 2 is 2.15 bits per heavy atom. The highest BCUT2D eigenvalue weighted by Gasteiger charge is 2.12. The third-order valence-electron chi connectivity index (χ3n) is 2.61. The van der Waals surface area contributed by atoms with Gasteiger partial charge in [0.15, 0.2) is 5.56 Å². The molecule has 0 aliphatic heterocycles. The predicted molar refractivity (Wildman–Crippen MR) is 71.7 cm³/mol. The van der Waals surface area contributed by atoms with E-state index in [2.05, 4.69) is 10.3 Å². The number of benzene rings is 1. The molecule has 1 aromatic carbocycles. The van der Waals surface area contributed by atoms with Gasteiger partial charge < -0.3 is 5.32 Å². The lowest BCUT2D eigenvalue weighted by Gasteiger charge is -2.09. The minimum Gasteiger partial charge on any atom is -0.340 e. The summed E-state index contributed by atoms with van der Waals surface area (Å²) in [7, 11) is 1.25. The van der Waals surface area contributed by atoms with Crippen molar-refractivity contribution in [2.24, 2.45) is 7.05 Å². The van der Waals surface area contributed by atoms with E-state index < -0.39 is 17.1 Å². The fourth-order valence-electron chi connectivity index (χ4n) is 1.54. The van der Waals surface area contributed by atoms with Crippen LogP contribution in [0.15, 0.2) is 27.8 Å². The fraction of sp³-hybridized carbons (Fsp3) is 0.0833. The Kier molecular flexibility index (Phi) is 3.59. The number of nitriles is 1. The van der Waals surface area contributed by atoms with Gasteiger partial charge in [-0.25, -0.2) is 9.18 Å². The second-order valence-electron chi connectivity index (χ2n) is 3.91. The van der Waals surface area contributed by atoms with Crippen molar-refractivity contribution in [2.45, 2.75) is 0 Å². The number of halogens is 2. The van der Waals surface area contributed by atoms with E-state index in [1.54, 1.807) is 6.07 Å². The summed E-state index contributed by atoms with van der Waals surface area (Å²) in [5, 5.41) is 11.5. The highest BCUT2D eigenvalue weighted by Crippen LogP contribution is 2.22. The Bertz CT molecular complexity index is 835. The molecule has 0 radical (unpaired) electrons. The van der Waals surface area contributed by atoms with Crippen molar-refractivity contribution in [2.75, 3.05) is 5.32 Å². The zero-order chi connectivity index (χ0) is 14.9. The summed E-state index contributed by atoms with van der Waals surface area (Å²) in [6, 6.07) is 5.46. The van der Waals surface area contributed by atoms with Crippen LogP contribution in [0.1, 0.15) is 5.56 Å². The van der Waals surface area contributed by atoms with E-state index in [-0.39, 0.29) is 16.4 Å². The van der Waals surface area contributed by atoms with Crippen LogP contribution in [0.5, 0.6) is 0 Å². The van der Waals surface area contributed by atoms with E-state index in [4.69, 9.17) is 16.9 Å².